The quantitative estimate of drug-likeness (QED) is 0.114. The summed E-state index contributed by atoms with van der Waals surface area (Å²) in [6.07, 6.45) is 0. The highest BCUT2D eigenvalue weighted by Gasteiger charge is 2.48. The predicted molar refractivity (Wildman–Crippen MR) is 206 cm³/mol. The summed E-state index contributed by atoms with van der Waals surface area (Å²) in [7, 11) is -11.7. The summed E-state index contributed by atoms with van der Waals surface area (Å²) in [5, 5.41) is 0. The van der Waals surface area contributed by atoms with Crippen LogP contribution >= 0.6 is 54.8 Å². The first-order valence-corrected chi connectivity index (χ1v) is 21.4. The van der Waals surface area contributed by atoms with E-state index in [1.54, 1.807) is 72.8 Å². The Morgan fingerprint density at radius 2 is 0.480 bits per heavy atom. The summed E-state index contributed by atoms with van der Waals surface area (Å²) < 4.78 is 57.9. The number of nitrogens with zero attached hydrogens (tertiary/aromatic N) is 3. The van der Waals surface area contributed by atoms with Gasteiger partial charge in [0.25, 0.3) is 0 Å². The molecule has 14 heteroatoms. The van der Waals surface area contributed by atoms with Crippen molar-refractivity contribution < 1.29 is 27.1 Å². The predicted octanol–water partition coefficient (Wildman–Crippen LogP) is 13.8. The van der Waals surface area contributed by atoms with E-state index in [2.05, 4.69) is 31.9 Å². The normalized spacial score (nSPS) is 19.0. The zero-order chi connectivity index (χ0) is 34.3. The largest absolute Gasteiger partial charge is 0.460 e. The van der Waals surface area contributed by atoms with Gasteiger partial charge in [-0.1, -0.05) is 118 Å². The molecule has 252 valence electrons. The molecule has 0 aliphatic carbocycles. The highest BCUT2D eigenvalue weighted by molar-refractivity contribution is 9.10. The van der Waals surface area contributed by atoms with E-state index in [0.717, 1.165) is 8.95 Å². The molecule has 1 aliphatic rings. The summed E-state index contributed by atoms with van der Waals surface area (Å²) in [4.78, 5) is 0. The van der Waals surface area contributed by atoms with Gasteiger partial charge in [-0.3, -0.25) is 0 Å². The van der Waals surface area contributed by atoms with Gasteiger partial charge in [-0.15, -0.1) is 0 Å². The van der Waals surface area contributed by atoms with Crippen molar-refractivity contribution in [1.82, 2.24) is 0 Å². The summed E-state index contributed by atoms with van der Waals surface area (Å²) in [5.74, 6) is 2.68. The molecule has 1 aliphatic heterocycles. The summed E-state index contributed by atoms with van der Waals surface area (Å²) >= 11 is 7.03. The second-order valence-corrected chi connectivity index (χ2v) is 18.5. The van der Waals surface area contributed by atoms with Gasteiger partial charge in [0.05, 0.1) is 0 Å². The van der Waals surface area contributed by atoms with Crippen molar-refractivity contribution in [2.75, 3.05) is 0 Å². The zero-order valence-electron chi connectivity index (χ0n) is 26.1. The van der Waals surface area contributed by atoms with Gasteiger partial charge in [0.15, 0.2) is 0 Å². The van der Waals surface area contributed by atoms with Crippen molar-refractivity contribution in [2.45, 2.75) is 0 Å². The molecule has 0 amide bonds. The molecule has 6 aromatic rings. The van der Waals surface area contributed by atoms with Gasteiger partial charge in [0, 0.05) is 8.95 Å². The third kappa shape index (κ3) is 8.73. The molecule has 0 saturated heterocycles. The molecule has 0 bridgehead atoms. The van der Waals surface area contributed by atoms with E-state index in [-0.39, 0.29) is 0 Å². The first-order chi connectivity index (χ1) is 24.4. The average molecular weight is 851 g/mol. The monoisotopic (exact) mass is 849 g/mol. The second-order valence-electron chi connectivity index (χ2n) is 10.4. The van der Waals surface area contributed by atoms with Gasteiger partial charge in [-0.2, -0.15) is 0 Å². The number of benzene rings is 6. The zero-order valence-corrected chi connectivity index (χ0v) is 31.9. The van der Waals surface area contributed by atoms with Crippen molar-refractivity contribution in [1.29, 1.82) is 0 Å². The molecule has 7 rings (SSSR count). The lowest BCUT2D eigenvalue weighted by atomic mass is 10.3. The molecule has 0 spiro atoms. The van der Waals surface area contributed by atoms with Gasteiger partial charge in [0.2, 0.25) is 0 Å². The van der Waals surface area contributed by atoms with E-state index in [1.807, 2.05) is 97.1 Å². The number of halogens is 2. The van der Waals surface area contributed by atoms with E-state index in [4.69, 9.17) is 40.7 Å². The molecular formula is C36H28Br2N3O6P3. The van der Waals surface area contributed by atoms with Crippen LogP contribution in [0.25, 0.3) is 0 Å². The molecule has 0 saturated carbocycles. The van der Waals surface area contributed by atoms with Crippen LogP contribution in [0.5, 0.6) is 34.5 Å². The van der Waals surface area contributed by atoms with Crippen LogP contribution in [0.2, 0.25) is 0 Å². The fourth-order valence-corrected chi connectivity index (χ4v) is 14.1. The van der Waals surface area contributed by atoms with Crippen LogP contribution < -0.4 is 27.1 Å². The Balaban J connectivity index is 1.55. The lowest BCUT2D eigenvalue weighted by molar-refractivity contribution is 0.443. The number of hydrogen-bond donors (Lipinski definition) is 0. The maximum Gasteiger partial charge on any atom is 0.460 e. The van der Waals surface area contributed by atoms with Crippen LogP contribution in [-0.4, -0.2) is 0 Å². The molecule has 2 atom stereocenters. The Bertz CT molecular complexity index is 2080. The van der Waals surface area contributed by atoms with E-state index in [0.29, 0.717) is 34.5 Å². The third-order valence-electron chi connectivity index (χ3n) is 6.62. The molecule has 50 heavy (non-hydrogen) atoms. The maximum atomic E-state index is 6.79. The first kappa shape index (κ1) is 34.2. The standard InChI is InChI=1S/C36H28Br2N3O6P3/c37-29-21-25-35(26-22-29)46-49(44-33-17-9-3-10-18-33)39-48(42-31-13-5-1-6-14-31,43-32-15-7-2-8-16-32)40-50(41-49,45-34-19-11-4-12-20-34)47-36-27-23-30(38)24-28-36/h1-28H. The summed E-state index contributed by atoms with van der Waals surface area (Å²) in [6, 6.07) is 51.4. The molecule has 0 aromatic heterocycles. The number of hydrogen-bond acceptors (Lipinski definition) is 9. The van der Waals surface area contributed by atoms with Gasteiger partial charge in [-0.05, 0) is 97.1 Å². The maximum absolute atomic E-state index is 6.79. The van der Waals surface area contributed by atoms with E-state index in [9.17, 15) is 0 Å². The van der Waals surface area contributed by atoms with Gasteiger partial charge >= 0.3 is 23.0 Å². The van der Waals surface area contributed by atoms with Crippen molar-refractivity contribution in [3.8, 4) is 34.5 Å². The Hall–Kier alpha value is -4.23. The van der Waals surface area contributed by atoms with Gasteiger partial charge in [0.1, 0.15) is 34.5 Å². The fraction of sp³-hybridized carbons (Fsp3) is 0. The van der Waals surface area contributed by atoms with Crippen LogP contribution in [0.3, 0.4) is 0 Å². The van der Waals surface area contributed by atoms with Crippen molar-refractivity contribution in [2.24, 2.45) is 13.5 Å². The highest BCUT2D eigenvalue weighted by Crippen LogP contribution is 2.78. The van der Waals surface area contributed by atoms with Gasteiger partial charge < -0.3 is 27.1 Å². The SMILES string of the molecule is Brc1ccc(OP2(Oc3ccccc3)=NP(Oc3ccccc3)(Oc3ccccc3)=NP(Oc3ccccc3)(Oc3ccc(Br)cc3)=N2)cc1. The Morgan fingerprint density at radius 1 is 0.280 bits per heavy atom. The molecule has 9 nitrogen and oxygen atoms in total. The molecule has 0 fully saturated rings. The van der Waals surface area contributed by atoms with Crippen LogP contribution in [0, 0.1) is 0 Å². The van der Waals surface area contributed by atoms with Crippen LogP contribution in [0.4, 0.5) is 0 Å². The number of para-hydroxylation sites is 4. The van der Waals surface area contributed by atoms with E-state index < -0.39 is 23.0 Å². The molecule has 0 radical (unpaired) electrons. The summed E-state index contributed by atoms with van der Waals surface area (Å²) in [6.45, 7) is 0. The van der Waals surface area contributed by atoms with Gasteiger partial charge in [-0.25, -0.2) is 0 Å². The summed E-state index contributed by atoms with van der Waals surface area (Å²) in [5.41, 5.74) is 0. The second kappa shape index (κ2) is 15.3. The molecule has 2 unspecified atom stereocenters. The smallest absolute Gasteiger partial charge is 0.413 e. The lowest BCUT2D eigenvalue weighted by Crippen LogP contribution is -2.11. The minimum atomic E-state index is -3.92. The van der Waals surface area contributed by atoms with E-state index >= 15 is 0 Å². The van der Waals surface area contributed by atoms with Crippen molar-refractivity contribution >= 4 is 54.8 Å². The minimum absolute atomic E-state index is 0.436. The highest BCUT2D eigenvalue weighted by atomic mass is 79.9. The topological polar surface area (TPSA) is 92.5 Å². The van der Waals surface area contributed by atoms with Crippen molar-refractivity contribution in [3.63, 3.8) is 0 Å². The molecule has 1 heterocycles. The first-order valence-electron chi connectivity index (χ1n) is 15.2. The fourth-order valence-electron chi connectivity index (χ4n) is 4.50. The van der Waals surface area contributed by atoms with Crippen LogP contribution in [0.1, 0.15) is 0 Å². The Labute approximate surface area is 307 Å². The Morgan fingerprint density at radius 3 is 0.700 bits per heavy atom. The molecule has 6 aromatic carbocycles. The molecular weight excluding hydrogens is 823 g/mol. The van der Waals surface area contributed by atoms with E-state index in [1.165, 1.54) is 0 Å². The molecule has 0 N–H and O–H groups in total. The minimum Gasteiger partial charge on any atom is -0.413 e. The van der Waals surface area contributed by atoms with Crippen LogP contribution in [0.15, 0.2) is 192 Å². The Kier molecular flexibility index (Phi) is 10.5. The third-order valence-corrected chi connectivity index (χ3v) is 15.8. The van der Waals surface area contributed by atoms with Crippen molar-refractivity contribution in [3.05, 3.63) is 179 Å². The lowest BCUT2D eigenvalue weighted by Gasteiger charge is -2.33. The average Bonchev–Trinajstić information content (AvgIpc) is 3.12. The van der Waals surface area contributed by atoms with Crippen LogP contribution in [-0.2, 0) is 0 Å². The number of rotatable bonds is 12.